The summed E-state index contributed by atoms with van der Waals surface area (Å²) in [7, 11) is 0. The Kier molecular flexibility index (Phi) is 3.00. The summed E-state index contributed by atoms with van der Waals surface area (Å²) in [5, 5.41) is 11.2. The van der Waals surface area contributed by atoms with E-state index in [9.17, 15) is 9.90 Å². The molecule has 0 unspecified atom stereocenters. The van der Waals surface area contributed by atoms with Gasteiger partial charge in [-0.3, -0.25) is 4.90 Å². The van der Waals surface area contributed by atoms with E-state index in [1.807, 2.05) is 6.07 Å². The van der Waals surface area contributed by atoms with Gasteiger partial charge in [0.2, 0.25) is 0 Å². The fourth-order valence-corrected chi connectivity index (χ4v) is 3.71. The van der Waals surface area contributed by atoms with Gasteiger partial charge < -0.3 is 9.52 Å². The lowest BCUT2D eigenvalue weighted by Gasteiger charge is -2.17. The zero-order valence-corrected chi connectivity index (χ0v) is 12.0. The van der Waals surface area contributed by atoms with E-state index < -0.39 is 0 Å². The predicted molar refractivity (Wildman–Crippen MR) is 80.7 cm³/mol. The zero-order valence-electron chi connectivity index (χ0n) is 12.0. The van der Waals surface area contributed by atoms with Crippen LogP contribution in [0.15, 0.2) is 21.3 Å². The largest absolute Gasteiger partial charge is 0.507 e. The van der Waals surface area contributed by atoms with Crippen molar-refractivity contribution in [3.63, 3.8) is 0 Å². The van der Waals surface area contributed by atoms with Crippen LogP contribution in [0.25, 0.3) is 11.0 Å². The Labute approximate surface area is 123 Å². The predicted octanol–water partition coefficient (Wildman–Crippen LogP) is 2.58. The molecule has 0 bridgehead atoms. The summed E-state index contributed by atoms with van der Waals surface area (Å²) < 4.78 is 5.58. The molecule has 1 saturated heterocycles. The van der Waals surface area contributed by atoms with E-state index >= 15 is 0 Å². The number of fused-ring (bicyclic) bond motifs is 3. The average molecular weight is 285 g/mol. The molecule has 4 heteroatoms. The lowest BCUT2D eigenvalue weighted by Crippen LogP contribution is -2.19. The van der Waals surface area contributed by atoms with E-state index in [2.05, 4.69) is 4.90 Å². The minimum Gasteiger partial charge on any atom is -0.507 e. The Morgan fingerprint density at radius 3 is 2.67 bits per heavy atom. The van der Waals surface area contributed by atoms with Gasteiger partial charge >= 0.3 is 5.63 Å². The summed E-state index contributed by atoms with van der Waals surface area (Å²) in [6.45, 7) is 2.75. The first-order valence-corrected chi connectivity index (χ1v) is 7.76. The van der Waals surface area contributed by atoms with Crippen molar-refractivity contribution in [2.24, 2.45) is 0 Å². The molecule has 0 amide bonds. The molecule has 2 heterocycles. The van der Waals surface area contributed by atoms with E-state index in [0.29, 0.717) is 12.1 Å². The van der Waals surface area contributed by atoms with Crippen molar-refractivity contribution in [3.05, 3.63) is 39.2 Å². The van der Waals surface area contributed by atoms with E-state index in [4.69, 9.17) is 4.42 Å². The van der Waals surface area contributed by atoms with Crippen LogP contribution < -0.4 is 5.63 Å². The number of likely N-dealkylation sites (tertiary alicyclic amines) is 1. The highest BCUT2D eigenvalue weighted by Crippen LogP contribution is 2.34. The van der Waals surface area contributed by atoms with Gasteiger partial charge in [-0.25, -0.2) is 4.79 Å². The van der Waals surface area contributed by atoms with Crippen molar-refractivity contribution in [2.45, 2.75) is 38.6 Å². The first-order valence-electron chi connectivity index (χ1n) is 7.76. The van der Waals surface area contributed by atoms with Crippen LogP contribution in [0.5, 0.6) is 5.75 Å². The summed E-state index contributed by atoms with van der Waals surface area (Å²) >= 11 is 0. The van der Waals surface area contributed by atoms with Crippen LogP contribution in [0.4, 0.5) is 0 Å². The van der Waals surface area contributed by atoms with Crippen molar-refractivity contribution in [2.75, 3.05) is 13.1 Å². The standard InChI is InChI=1S/C17H19NO3/c19-15-7-6-12-11-4-3-5-13(11)17(20)21-16(12)14(15)10-18-8-1-2-9-18/h6-7,19H,1-5,8-10H2. The summed E-state index contributed by atoms with van der Waals surface area (Å²) in [6.07, 6.45) is 5.17. The maximum atomic E-state index is 12.2. The van der Waals surface area contributed by atoms with Crippen LogP contribution in [0.2, 0.25) is 0 Å². The van der Waals surface area contributed by atoms with E-state index in [1.54, 1.807) is 6.07 Å². The number of phenols is 1. The molecule has 0 radical (unpaired) electrons. The molecular weight excluding hydrogens is 266 g/mol. The second-order valence-electron chi connectivity index (χ2n) is 6.12. The summed E-state index contributed by atoms with van der Waals surface area (Å²) in [6, 6.07) is 3.64. The van der Waals surface area contributed by atoms with Gasteiger partial charge in [0.25, 0.3) is 0 Å². The molecule has 21 heavy (non-hydrogen) atoms. The third-order valence-corrected chi connectivity index (χ3v) is 4.80. The van der Waals surface area contributed by atoms with Crippen molar-refractivity contribution in [1.29, 1.82) is 0 Å². The monoisotopic (exact) mass is 285 g/mol. The number of hydrogen-bond acceptors (Lipinski definition) is 4. The smallest absolute Gasteiger partial charge is 0.339 e. The first kappa shape index (κ1) is 12.9. The zero-order chi connectivity index (χ0) is 14.4. The normalized spacial score (nSPS) is 18.5. The Morgan fingerprint density at radius 2 is 1.86 bits per heavy atom. The molecule has 0 atom stereocenters. The molecule has 0 saturated carbocycles. The highest BCUT2D eigenvalue weighted by Gasteiger charge is 2.23. The number of benzene rings is 1. The summed E-state index contributed by atoms with van der Waals surface area (Å²) in [4.78, 5) is 14.5. The highest BCUT2D eigenvalue weighted by atomic mass is 16.4. The fourth-order valence-electron chi connectivity index (χ4n) is 3.71. The summed E-state index contributed by atoms with van der Waals surface area (Å²) in [5.74, 6) is 0.232. The Bertz CT molecular complexity index is 757. The third kappa shape index (κ3) is 2.05. The molecule has 1 fully saturated rings. The molecule has 2 aromatic rings. The molecule has 1 aliphatic heterocycles. The lowest BCUT2D eigenvalue weighted by molar-refractivity contribution is 0.323. The van der Waals surface area contributed by atoms with E-state index in [1.165, 1.54) is 12.8 Å². The van der Waals surface area contributed by atoms with Crippen LogP contribution in [-0.2, 0) is 19.4 Å². The average Bonchev–Trinajstić information content (AvgIpc) is 3.13. The van der Waals surface area contributed by atoms with Crippen LogP contribution in [-0.4, -0.2) is 23.1 Å². The third-order valence-electron chi connectivity index (χ3n) is 4.80. The molecule has 0 spiro atoms. The first-order chi connectivity index (χ1) is 10.2. The minimum absolute atomic E-state index is 0.219. The maximum absolute atomic E-state index is 12.2. The molecule has 4 rings (SSSR count). The van der Waals surface area contributed by atoms with Gasteiger partial charge in [0.05, 0.1) is 5.56 Å². The molecule has 1 aromatic heterocycles. The topological polar surface area (TPSA) is 53.7 Å². The summed E-state index contributed by atoms with van der Waals surface area (Å²) in [5.41, 5.74) is 3.10. The Balaban J connectivity index is 1.90. The molecule has 1 N–H and O–H groups in total. The quantitative estimate of drug-likeness (QED) is 0.862. The Hall–Kier alpha value is -1.81. The number of aromatic hydroxyl groups is 1. The highest BCUT2D eigenvalue weighted by molar-refractivity contribution is 5.86. The van der Waals surface area contributed by atoms with E-state index in [-0.39, 0.29) is 11.4 Å². The minimum atomic E-state index is -0.219. The van der Waals surface area contributed by atoms with Crippen LogP contribution in [0.1, 0.15) is 36.0 Å². The number of hydrogen-bond donors (Lipinski definition) is 1. The molecule has 4 nitrogen and oxygen atoms in total. The van der Waals surface area contributed by atoms with Gasteiger partial charge in [-0.15, -0.1) is 0 Å². The van der Waals surface area contributed by atoms with Gasteiger partial charge in [-0.2, -0.15) is 0 Å². The van der Waals surface area contributed by atoms with Gasteiger partial charge in [-0.1, -0.05) is 0 Å². The second kappa shape index (κ2) is 4.88. The van der Waals surface area contributed by atoms with Crippen LogP contribution >= 0.6 is 0 Å². The molecule has 2 aliphatic rings. The van der Waals surface area contributed by atoms with Crippen LogP contribution in [0.3, 0.4) is 0 Å². The number of phenolic OH excluding ortho intramolecular Hbond substituents is 1. The number of aryl methyl sites for hydroxylation is 1. The number of rotatable bonds is 2. The van der Waals surface area contributed by atoms with Crippen molar-refractivity contribution in [1.82, 2.24) is 4.90 Å². The molecular formula is C17H19NO3. The lowest BCUT2D eigenvalue weighted by atomic mass is 10.0. The van der Waals surface area contributed by atoms with Gasteiger partial charge in [0.15, 0.2) is 0 Å². The van der Waals surface area contributed by atoms with E-state index in [0.717, 1.165) is 54.4 Å². The van der Waals surface area contributed by atoms with Crippen molar-refractivity contribution >= 4 is 11.0 Å². The Morgan fingerprint density at radius 1 is 1.10 bits per heavy atom. The number of nitrogens with zero attached hydrogens (tertiary/aromatic N) is 1. The SMILES string of the molecule is O=c1oc2c(CN3CCCC3)c(O)ccc2c2c1CCC2. The van der Waals surface area contributed by atoms with Crippen LogP contribution in [0, 0.1) is 0 Å². The van der Waals surface area contributed by atoms with Gasteiger partial charge in [0, 0.05) is 17.5 Å². The van der Waals surface area contributed by atoms with Gasteiger partial charge in [-0.05, 0) is 62.9 Å². The fraction of sp³-hybridized carbons (Fsp3) is 0.471. The molecule has 110 valence electrons. The molecule has 1 aliphatic carbocycles. The maximum Gasteiger partial charge on any atom is 0.339 e. The van der Waals surface area contributed by atoms with Gasteiger partial charge in [0.1, 0.15) is 11.3 Å². The molecule has 1 aromatic carbocycles. The second-order valence-corrected chi connectivity index (χ2v) is 6.12. The van der Waals surface area contributed by atoms with Crippen molar-refractivity contribution < 1.29 is 9.52 Å². The van der Waals surface area contributed by atoms with Crippen molar-refractivity contribution in [3.8, 4) is 5.75 Å².